The normalized spacial score (nSPS) is 10.6. The molecule has 4 N–H and O–H groups in total. The van der Waals surface area contributed by atoms with Crippen LogP contribution in [0.15, 0.2) is 12.1 Å². The van der Waals surface area contributed by atoms with E-state index in [2.05, 4.69) is 0 Å². The van der Waals surface area contributed by atoms with Gasteiger partial charge in [0.2, 0.25) is 0 Å². The molecule has 1 rings (SSSR count). The van der Waals surface area contributed by atoms with Crippen LogP contribution >= 0.6 is 0 Å². The largest absolute Gasteiger partial charge is 0.478 e. The third-order valence-electron chi connectivity index (χ3n) is 3.04. The summed E-state index contributed by atoms with van der Waals surface area (Å²) in [6, 6.07) is 2.75. The summed E-state index contributed by atoms with van der Waals surface area (Å²) in [7, 11) is 0. The van der Waals surface area contributed by atoms with E-state index >= 15 is 0 Å². The van der Waals surface area contributed by atoms with Crippen molar-refractivity contribution in [3.05, 3.63) is 34.4 Å². The molecule has 0 amide bonds. The van der Waals surface area contributed by atoms with Crippen molar-refractivity contribution in [3.63, 3.8) is 0 Å². The quantitative estimate of drug-likeness (QED) is 0.353. The van der Waals surface area contributed by atoms with Crippen molar-refractivity contribution < 1.29 is 39.5 Å². The summed E-state index contributed by atoms with van der Waals surface area (Å²) in [6.07, 6.45) is 0.258. The van der Waals surface area contributed by atoms with Gasteiger partial charge in [-0.3, -0.25) is 0 Å². The van der Waals surface area contributed by atoms with Crippen LogP contribution in [0.3, 0.4) is 0 Å². The molecule has 0 aliphatic carbocycles. The van der Waals surface area contributed by atoms with E-state index in [-0.39, 0.29) is 42.7 Å². The lowest BCUT2D eigenvalue weighted by atomic mass is 9.92. The minimum atomic E-state index is -1.25. The zero-order valence-corrected chi connectivity index (χ0v) is 11.8. The number of hydrogen-bond donors (Lipinski definition) is 4. The third-order valence-corrected chi connectivity index (χ3v) is 3.04. The molecule has 0 heterocycles. The minimum absolute atomic E-state index is 0.00630. The van der Waals surface area contributed by atoms with Gasteiger partial charge in [0.25, 0.3) is 0 Å². The smallest absolute Gasteiger partial charge is 0.336 e. The summed E-state index contributed by atoms with van der Waals surface area (Å²) in [6.45, 7) is -0.912. The predicted molar refractivity (Wildman–Crippen MR) is 73.8 cm³/mol. The molecule has 0 bridgehead atoms. The fourth-order valence-electron chi connectivity index (χ4n) is 2.12. The Morgan fingerprint density at radius 1 is 0.909 bits per heavy atom. The van der Waals surface area contributed by atoms with E-state index in [0.29, 0.717) is 5.56 Å². The maximum Gasteiger partial charge on any atom is 0.336 e. The predicted octanol–water partition coefficient (Wildman–Crippen LogP) is 0.101. The molecule has 0 aliphatic heterocycles. The molecule has 122 valence electrons. The van der Waals surface area contributed by atoms with E-state index in [1.54, 1.807) is 0 Å². The number of rotatable bonds is 10. The van der Waals surface area contributed by atoms with Crippen LogP contribution in [-0.4, -0.2) is 59.2 Å². The van der Waals surface area contributed by atoms with Gasteiger partial charge in [-0.1, -0.05) is 6.07 Å². The van der Waals surface area contributed by atoms with Crippen molar-refractivity contribution in [2.24, 2.45) is 0 Å². The van der Waals surface area contributed by atoms with Crippen LogP contribution in [0.4, 0.5) is 0 Å². The highest BCUT2D eigenvalue weighted by molar-refractivity contribution is 5.97. The van der Waals surface area contributed by atoms with Gasteiger partial charge in [-0.2, -0.15) is 0 Å². The van der Waals surface area contributed by atoms with Gasteiger partial charge in [0.15, 0.2) is 0 Å². The second kappa shape index (κ2) is 9.11. The highest BCUT2D eigenvalue weighted by Crippen LogP contribution is 2.22. The maximum atomic E-state index is 11.5. The summed E-state index contributed by atoms with van der Waals surface area (Å²) in [5.74, 6) is -2.49. The Balaban J connectivity index is 3.21. The Morgan fingerprint density at radius 2 is 1.50 bits per heavy atom. The minimum Gasteiger partial charge on any atom is -0.478 e. The SMILES string of the molecule is O=C(O)c1ccc(CCOCO)c(C(=O)O)c1CCOCO. The van der Waals surface area contributed by atoms with Crippen molar-refractivity contribution in [2.45, 2.75) is 12.8 Å². The molecule has 22 heavy (non-hydrogen) atoms. The van der Waals surface area contributed by atoms with E-state index in [1.165, 1.54) is 12.1 Å². The lowest BCUT2D eigenvalue weighted by Crippen LogP contribution is -2.16. The highest BCUT2D eigenvalue weighted by atomic mass is 16.6. The van der Waals surface area contributed by atoms with Gasteiger partial charge in [0.05, 0.1) is 24.3 Å². The molecule has 0 spiro atoms. The molecular weight excluding hydrogens is 296 g/mol. The Labute approximate surface area is 126 Å². The summed E-state index contributed by atoms with van der Waals surface area (Å²) < 4.78 is 9.53. The zero-order chi connectivity index (χ0) is 16.5. The molecule has 0 aromatic heterocycles. The van der Waals surface area contributed by atoms with E-state index in [0.717, 1.165) is 0 Å². The van der Waals surface area contributed by atoms with Crippen LogP contribution in [0.5, 0.6) is 0 Å². The number of carbonyl (C=O) groups is 2. The fourth-order valence-corrected chi connectivity index (χ4v) is 2.12. The summed E-state index contributed by atoms with van der Waals surface area (Å²) in [5, 5.41) is 35.8. The van der Waals surface area contributed by atoms with Gasteiger partial charge < -0.3 is 29.9 Å². The Morgan fingerprint density at radius 3 is 2.00 bits per heavy atom. The van der Waals surface area contributed by atoms with Crippen LogP contribution in [-0.2, 0) is 22.3 Å². The Kier molecular flexibility index (Phi) is 7.47. The van der Waals surface area contributed by atoms with Crippen molar-refractivity contribution in [1.82, 2.24) is 0 Å². The molecule has 1 aromatic rings. The van der Waals surface area contributed by atoms with E-state index < -0.39 is 25.5 Å². The second-order valence-corrected chi connectivity index (χ2v) is 4.31. The Hall–Kier alpha value is -2.00. The topological polar surface area (TPSA) is 134 Å². The van der Waals surface area contributed by atoms with Crippen molar-refractivity contribution >= 4 is 11.9 Å². The molecule has 0 saturated heterocycles. The monoisotopic (exact) mass is 314 g/mol. The highest BCUT2D eigenvalue weighted by Gasteiger charge is 2.21. The van der Waals surface area contributed by atoms with Crippen molar-refractivity contribution in [1.29, 1.82) is 0 Å². The molecule has 0 radical (unpaired) electrons. The van der Waals surface area contributed by atoms with Gasteiger partial charge in [0.1, 0.15) is 13.6 Å². The number of aromatic carboxylic acids is 2. The molecule has 0 atom stereocenters. The zero-order valence-electron chi connectivity index (χ0n) is 11.8. The Bertz CT molecular complexity index is 526. The van der Waals surface area contributed by atoms with E-state index in [4.69, 9.17) is 19.7 Å². The number of aliphatic hydroxyl groups is 2. The number of carboxylic acids is 2. The van der Waals surface area contributed by atoms with Gasteiger partial charge >= 0.3 is 11.9 Å². The number of benzene rings is 1. The van der Waals surface area contributed by atoms with Crippen LogP contribution in [0.1, 0.15) is 31.8 Å². The lowest BCUT2D eigenvalue weighted by molar-refractivity contribution is 0.0000905. The fraction of sp³-hybridized carbons (Fsp3) is 0.429. The van der Waals surface area contributed by atoms with Gasteiger partial charge in [-0.25, -0.2) is 9.59 Å². The van der Waals surface area contributed by atoms with Crippen LogP contribution < -0.4 is 0 Å². The number of ether oxygens (including phenoxy) is 2. The maximum absolute atomic E-state index is 11.5. The number of hydrogen-bond acceptors (Lipinski definition) is 6. The summed E-state index contributed by atoms with van der Waals surface area (Å²) in [4.78, 5) is 22.8. The van der Waals surface area contributed by atoms with Gasteiger partial charge in [-0.15, -0.1) is 0 Å². The molecule has 1 aromatic carbocycles. The van der Waals surface area contributed by atoms with Crippen molar-refractivity contribution in [2.75, 3.05) is 26.8 Å². The molecule has 8 heteroatoms. The van der Waals surface area contributed by atoms with Crippen LogP contribution in [0.2, 0.25) is 0 Å². The first-order valence-electron chi connectivity index (χ1n) is 6.51. The average Bonchev–Trinajstić information content (AvgIpc) is 2.47. The van der Waals surface area contributed by atoms with E-state index in [9.17, 15) is 19.8 Å². The van der Waals surface area contributed by atoms with E-state index in [1.807, 2.05) is 0 Å². The summed E-state index contributed by atoms with van der Waals surface area (Å²) >= 11 is 0. The molecule has 8 nitrogen and oxygen atoms in total. The standard InChI is InChI=1S/C14H18O8/c15-7-21-5-3-9-1-2-11(13(17)18)10(4-6-22-8-16)12(9)14(19)20/h1-2,15-16H,3-8H2,(H,17,18)(H,19,20). The van der Waals surface area contributed by atoms with Gasteiger partial charge in [0, 0.05) is 0 Å². The first kappa shape index (κ1) is 18.1. The number of aliphatic hydroxyl groups excluding tert-OH is 2. The molecule has 0 aliphatic rings. The first-order valence-corrected chi connectivity index (χ1v) is 6.51. The van der Waals surface area contributed by atoms with Gasteiger partial charge in [-0.05, 0) is 30.0 Å². The van der Waals surface area contributed by atoms with Crippen LogP contribution in [0, 0.1) is 0 Å². The molecule has 0 unspecified atom stereocenters. The molecular formula is C14H18O8. The second-order valence-electron chi connectivity index (χ2n) is 4.31. The van der Waals surface area contributed by atoms with Crippen LogP contribution in [0.25, 0.3) is 0 Å². The number of carboxylic acid groups (broad SMARTS) is 2. The lowest BCUT2D eigenvalue weighted by Gasteiger charge is -2.14. The molecule has 0 fully saturated rings. The molecule has 0 saturated carbocycles. The average molecular weight is 314 g/mol. The first-order chi connectivity index (χ1) is 10.5. The third kappa shape index (κ3) is 4.78. The summed E-state index contributed by atoms with van der Waals surface area (Å²) in [5.41, 5.74) is 0.314. The van der Waals surface area contributed by atoms with Crippen molar-refractivity contribution in [3.8, 4) is 0 Å².